The molecule has 0 amide bonds. The summed E-state index contributed by atoms with van der Waals surface area (Å²) in [6, 6.07) is 7.30. The Bertz CT molecular complexity index is 841. The number of aromatic nitrogens is 1. The number of anilines is 1. The molecular weight excluding hydrogens is 352 g/mol. The van der Waals surface area contributed by atoms with Crippen molar-refractivity contribution in [1.82, 2.24) is 5.16 Å². The molecule has 26 heavy (non-hydrogen) atoms. The second-order valence-corrected chi connectivity index (χ2v) is 8.78. The first-order valence-electron chi connectivity index (χ1n) is 9.01. The van der Waals surface area contributed by atoms with E-state index in [-0.39, 0.29) is 10.7 Å². The van der Waals surface area contributed by atoms with Crippen molar-refractivity contribution in [2.45, 2.75) is 64.1 Å². The van der Waals surface area contributed by atoms with Crippen LogP contribution in [0.5, 0.6) is 0 Å². The highest BCUT2D eigenvalue weighted by molar-refractivity contribution is 7.92. The van der Waals surface area contributed by atoms with E-state index in [0.717, 1.165) is 18.4 Å². The van der Waals surface area contributed by atoms with Gasteiger partial charge in [-0.15, -0.1) is 0 Å². The van der Waals surface area contributed by atoms with Crippen LogP contribution in [0.25, 0.3) is 0 Å². The van der Waals surface area contributed by atoms with Crippen LogP contribution in [0.15, 0.2) is 33.7 Å². The van der Waals surface area contributed by atoms with E-state index in [1.54, 1.807) is 19.9 Å². The number of hydrogen-bond acceptors (Lipinski definition) is 5. The first-order valence-corrected chi connectivity index (χ1v) is 10.5. The zero-order valence-electron chi connectivity index (χ0n) is 15.5. The Hall–Kier alpha value is -1.86. The number of nitrogens with one attached hydrogen (secondary N) is 1. The largest absolute Gasteiger partial charge is 0.374 e. The van der Waals surface area contributed by atoms with Crippen molar-refractivity contribution in [1.29, 1.82) is 0 Å². The van der Waals surface area contributed by atoms with Gasteiger partial charge < -0.3 is 9.26 Å². The molecule has 1 N–H and O–H groups in total. The van der Waals surface area contributed by atoms with E-state index >= 15 is 0 Å². The van der Waals surface area contributed by atoms with Gasteiger partial charge in [-0.2, -0.15) is 0 Å². The van der Waals surface area contributed by atoms with Crippen molar-refractivity contribution in [3.63, 3.8) is 0 Å². The Labute approximate surface area is 155 Å². The van der Waals surface area contributed by atoms with Gasteiger partial charge in [-0.1, -0.05) is 37.1 Å². The summed E-state index contributed by atoms with van der Waals surface area (Å²) in [5, 5.41) is 3.71. The summed E-state index contributed by atoms with van der Waals surface area (Å²) in [7, 11) is -3.74. The van der Waals surface area contributed by atoms with Crippen LogP contribution in [-0.4, -0.2) is 19.7 Å². The normalized spacial score (nSPS) is 20.9. The van der Waals surface area contributed by atoms with Crippen LogP contribution >= 0.6 is 0 Å². The third kappa shape index (κ3) is 4.45. The van der Waals surface area contributed by atoms with Crippen LogP contribution in [0.3, 0.4) is 0 Å². The average molecular weight is 378 g/mol. The van der Waals surface area contributed by atoms with Gasteiger partial charge in [0.1, 0.15) is 5.69 Å². The molecule has 1 fully saturated rings. The molecule has 0 spiro atoms. The Morgan fingerprint density at radius 1 is 1.31 bits per heavy atom. The summed E-state index contributed by atoms with van der Waals surface area (Å²) >= 11 is 0. The topological polar surface area (TPSA) is 81.4 Å². The third-order valence-electron chi connectivity index (χ3n) is 4.79. The number of nitrogens with zero attached hydrogens (tertiary/aromatic N) is 1. The lowest BCUT2D eigenvalue weighted by Crippen LogP contribution is -2.21. The zero-order valence-corrected chi connectivity index (χ0v) is 16.3. The van der Waals surface area contributed by atoms with Crippen molar-refractivity contribution in [3.05, 3.63) is 41.3 Å². The Kier molecular flexibility index (Phi) is 5.67. The van der Waals surface area contributed by atoms with Crippen LogP contribution in [0.4, 0.5) is 5.69 Å². The minimum Gasteiger partial charge on any atom is -0.374 e. The molecule has 1 aliphatic rings. The summed E-state index contributed by atoms with van der Waals surface area (Å²) in [6.07, 6.45) is 4.98. The zero-order chi connectivity index (χ0) is 18.7. The lowest BCUT2D eigenvalue weighted by atomic mass is 9.89. The van der Waals surface area contributed by atoms with Gasteiger partial charge in [-0.25, -0.2) is 8.42 Å². The van der Waals surface area contributed by atoms with Gasteiger partial charge in [0.15, 0.2) is 10.7 Å². The number of hydrogen-bond donors (Lipinski definition) is 1. The number of benzene rings is 1. The number of rotatable bonds is 6. The number of sulfonamides is 1. The predicted molar refractivity (Wildman–Crippen MR) is 99.4 cm³/mol. The molecule has 1 heterocycles. The van der Waals surface area contributed by atoms with E-state index in [2.05, 4.69) is 16.8 Å². The average Bonchev–Trinajstić information content (AvgIpc) is 2.92. The standard InChI is InChI=1S/C19H26N2O4S/c1-13-6-4-9-18(10-13)24-12-16-7-5-8-17(11-16)21-26(22,23)19-14(2)20-25-15(19)3/h5,7-8,11,13,18,21H,4,6,9-10,12H2,1-3H3/t13-,18+/m0/s1. The molecule has 2 aromatic rings. The van der Waals surface area contributed by atoms with Gasteiger partial charge in [-0.3, -0.25) is 4.72 Å². The highest BCUT2D eigenvalue weighted by atomic mass is 32.2. The fourth-order valence-electron chi connectivity index (χ4n) is 3.53. The van der Waals surface area contributed by atoms with E-state index in [9.17, 15) is 8.42 Å². The minimum absolute atomic E-state index is 0.0929. The molecule has 0 aliphatic heterocycles. The molecule has 142 valence electrons. The molecule has 1 aromatic heterocycles. The summed E-state index contributed by atoms with van der Waals surface area (Å²) in [4.78, 5) is 0.0929. The van der Waals surface area contributed by atoms with Crippen LogP contribution < -0.4 is 4.72 Å². The van der Waals surface area contributed by atoms with Gasteiger partial charge >= 0.3 is 0 Å². The summed E-state index contributed by atoms with van der Waals surface area (Å²) in [5.41, 5.74) is 1.80. The Morgan fingerprint density at radius 3 is 2.81 bits per heavy atom. The molecule has 1 aromatic carbocycles. The molecule has 7 heteroatoms. The van der Waals surface area contributed by atoms with Crippen LogP contribution in [0, 0.1) is 19.8 Å². The summed E-state index contributed by atoms with van der Waals surface area (Å²) in [6.45, 7) is 5.95. The predicted octanol–water partition coefficient (Wildman–Crippen LogP) is 4.19. The lowest BCUT2D eigenvalue weighted by molar-refractivity contribution is 0.00469. The molecule has 2 atom stereocenters. The Balaban J connectivity index is 1.67. The maximum atomic E-state index is 12.6. The van der Waals surface area contributed by atoms with E-state index in [0.29, 0.717) is 30.0 Å². The fourth-order valence-corrected chi connectivity index (χ4v) is 4.91. The summed E-state index contributed by atoms with van der Waals surface area (Å²) < 4.78 is 38.8. The van der Waals surface area contributed by atoms with Gasteiger partial charge in [0.05, 0.1) is 12.7 Å². The first kappa shape index (κ1) is 18.9. The molecule has 1 saturated carbocycles. The van der Waals surface area contributed by atoms with Gasteiger partial charge in [0.25, 0.3) is 10.0 Å². The molecule has 3 rings (SSSR count). The number of ether oxygens (including phenoxy) is 1. The smallest absolute Gasteiger partial charge is 0.267 e. The van der Waals surface area contributed by atoms with Gasteiger partial charge in [0, 0.05) is 5.69 Å². The molecule has 1 aliphatic carbocycles. The second kappa shape index (κ2) is 7.80. The van der Waals surface area contributed by atoms with E-state index in [1.807, 2.05) is 18.2 Å². The minimum atomic E-state index is -3.74. The SMILES string of the molecule is Cc1noc(C)c1S(=O)(=O)Nc1cccc(CO[C@@H]2CCC[C@H](C)C2)c1. The quantitative estimate of drug-likeness (QED) is 0.815. The highest BCUT2D eigenvalue weighted by Crippen LogP contribution is 2.27. The molecular formula is C19H26N2O4S. The van der Waals surface area contributed by atoms with Crippen LogP contribution in [0.1, 0.15) is 49.6 Å². The Morgan fingerprint density at radius 2 is 2.12 bits per heavy atom. The van der Waals surface area contributed by atoms with Gasteiger partial charge in [-0.05, 0) is 50.3 Å². The fraction of sp³-hybridized carbons (Fsp3) is 0.526. The van der Waals surface area contributed by atoms with Crippen molar-refractivity contribution in [2.24, 2.45) is 5.92 Å². The van der Waals surface area contributed by atoms with Crippen molar-refractivity contribution in [3.8, 4) is 0 Å². The molecule has 0 bridgehead atoms. The maximum absolute atomic E-state index is 12.6. The lowest BCUT2D eigenvalue weighted by Gasteiger charge is -2.26. The monoisotopic (exact) mass is 378 g/mol. The van der Waals surface area contributed by atoms with E-state index in [4.69, 9.17) is 9.26 Å². The van der Waals surface area contributed by atoms with Crippen LogP contribution in [-0.2, 0) is 21.4 Å². The van der Waals surface area contributed by atoms with E-state index < -0.39 is 10.0 Å². The third-order valence-corrected chi connectivity index (χ3v) is 6.41. The second-order valence-electron chi connectivity index (χ2n) is 7.16. The number of aryl methyl sites for hydroxylation is 2. The molecule has 0 radical (unpaired) electrons. The van der Waals surface area contributed by atoms with Crippen molar-refractivity contribution in [2.75, 3.05) is 4.72 Å². The molecule has 6 nitrogen and oxygen atoms in total. The van der Waals surface area contributed by atoms with Crippen molar-refractivity contribution < 1.29 is 17.7 Å². The van der Waals surface area contributed by atoms with Crippen molar-refractivity contribution >= 4 is 15.7 Å². The highest BCUT2D eigenvalue weighted by Gasteiger charge is 2.24. The summed E-state index contributed by atoms with van der Waals surface area (Å²) in [5.74, 6) is 0.989. The molecule has 0 saturated heterocycles. The van der Waals surface area contributed by atoms with Gasteiger partial charge in [0.2, 0.25) is 0 Å². The molecule has 0 unspecified atom stereocenters. The van der Waals surface area contributed by atoms with E-state index in [1.165, 1.54) is 12.8 Å². The van der Waals surface area contributed by atoms with Crippen LogP contribution in [0.2, 0.25) is 0 Å². The first-order chi connectivity index (χ1) is 12.3. The maximum Gasteiger partial charge on any atom is 0.267 e.